The predicted octanol–water partition coefficient (Wildman–Crippen LogP) is 0.0582. The normalized spacial score (nSPS) is 26.9. The van der Waals surface area contributed by atoms with E-state index in [4.69, 9.17) is 9.84 Å². The molecule has 16 heavy (non-hydrogen) atoms. The molecular weight excluding hydrogens is 206 g/mol. The Kier molecular flexibility index (Phi) is 3.82. The van der Waals surface area contributed by atoms with E-state index in [0.29, 0.717) is 0 Å². The van der Waals surface area contributed by atoms with Crippen LogP contribution < -0.4 is 0 Å². The zero-order chi connectivity index (χ0) is 11.4. The highest BCUT2D eigenvalue weighted by Crippen LogP contribution is 2.12. The first-order valence-electron chi connectivity index (χ1n) is 5.51. The average Bonchev–Trinajstić information content (AvgIpc) is 2.29. The standard InChI is InChI=1S/C11H17N3O2/c1-9-5-14(7-11(8-15)16-9)6-10-4-12-2-3-13-10/h2-4,9,11,15H,5-8H2,1H3. The summed E-state index contributed by atoms with van der Waals surface area (Å²) in [6, 6.07) is 0. The number of hydrogen-bond donors (Lipinski definition) is 1. The average molecular weight is 223 g/mol. The fourth-order valence-electron chi connectivity index (χ4n) is 2.01. The molecule has 2 unspecified atom stereocenters. The molecule has 5 heteroatoms. The first-order chi connectivity index (χ1) is 7.78. The largest absolute Gasteiger partial charge is 0.394 e. The highest BCUT2D eigenvalue weighted by Gasteiger charge is 2.24. The molecule has 1 aliphatic heterocycles. The van der Waals surface area contributed by atoms with Gasteiger partial charge in [0, 0.05) is 38.2 Å². The second kappa shape index (κ2) is 5.34. The topological polar surface area (TPSA) is 58.5 Å². The summed E-state index contributed by atoms with van der Waals surface area (Å²) in [6.07, 6.45) is 5.21. The summed E-state index contributed by atoms with van der Waals surface area (Å²) in [5, 5.41) is 9.11. The number of aliphatic hydroxyl groups excluding tert-OH is 1. The van der Waals surface area contributed by atoms with E-state index in [1.54, 1.807) is 18.6 Å². The van der Waals surface area contributed by atoms with E-state index in [-0.39, 0.29) is 18.8 Å². The zero-order valence-electron chi connectivity index (χ0n) is 9.41. The summed E-state index contributed by atoms with van der Waals surface area (Å²) in [5.74, 6) is 0. The molecule has 0 bridgehead atoms. The Hall–Kier alpha value is -1.04. The van der Waals surface area contributed by atoms with Crippen molar-refractivity contribution in [2.75, 3.05) is 19.7 Å². The van der Waals surface area contributed by atoms with Crippen LogP contribution in [0.4, 0.5) is 0 Å². The molecule has 1 aromatic heterocycles. The van der Waals surface area contributed by atoms with Gasteiger partial charge in [-0.2, -0.15) is 0 Å². The van der Waals surface area contributed by atoms with Crippen LogP contribution in [0, 0.1) is 0 Å². The van der Waals surface area contributed by atoms with Crippen molar-refractivity contribution in [3.8, 4) is 0 Å². The quantitative estimate of drug-likeness (QED) is 0.785. The van der Waals surface area contributed by atoms with E-state index in [2.05, 4.69) is 14.9 Å². The highest BCUT2D eigenvalue weighted by atomic mass is 16.5. The van der Waals surface area contributed by atoms with Crippen LogP contribution >= 0.6 is 0 Å². The number of aromatic nitrogens is 2. The SMILES string of the molecule is CC1CN(Cc2cnccn2)CC(CO)O1. The van der Waals surface area contributed by atoms with Gasteiger partial charge in [0.25, 0.3) is 0 Å². The van der Waals surface area contributed by atoms with Gasteiger partial charge in [0.1, 0.15) is 0 Å². The van der Waals surface area contributed by atoms with Gasteiger partial charge in [-0.3, -0.25) is 14.9 Å². The van der Waals surface area contributed by atoms with Crippen molar-refractivity contribution in [1.29, 1.82) is 0 Å². The second-order valence-electron chi connectivity index (χ2n) is 4.14. The van der Waals surface area contributed by atoms with Gasteiger partial charge in [0.05, 0.1) is 24.5 Å². The number of ether oxygens (including phenoxy) is 1. The van der Waals surface area contributed by atoms with E-state index < -0.39 is 0 Å². The maximum Gasteiger partial charge on any atom is 0.0936 e. The minimum Gasteiger partial charge on any atom is -0.394 e. The Balaban J connectivity index is 1.94. The molecule has 88 valence electrons. The van der Waals surface area contributed by atoms with Gasteiger partial charge < -0.3 is 9.84 Å². The number of hydrogen-bond acceptors (Lipinski definition) is 5. The van der Waals surface area contributed by atoms with Crippen LogP contribution in [-0.2, 0) is 11.3 Å². The van der Waals surface area contributed by atoms with Crippen LogP contribution in [0.15, 0.2) is 18.6 Å². The third kappa shape index (κ3) is 2.98. The summed E-state index contributed by atoms with van der Waals surface area (Å²) in [7, 11) is 0. The lowest BCUT2D eigenvalue weighted by molar-refractivity contribution is -0.0975. The zero-order valence-corrected chi connectivity index (χ0v) is 9.41. The van der Waals surface area contributed by atoms with Crippen LogP contribution in [-0.4, -0.2) is 51.9 Å². The highest BCUT2D eigenvalue weighted by molar-refractivity contribution is 4.95. The lowest BCUT2D eigenvalue weighted by Crippen LogP contribution is -2.47. The van der Waals surface area contributed by atoms with Crippen LogP contribution in [0.5, 0.6) is 0 Å². The van der Waals surface area contributed by atoms with E-state index in [1.807, 2.05) is 6.92 Å². The fourth-order valence-corrected chi connectivity index (χ4v) is 2.01. The number of nitrogens with zero attached hydrogens (tertiary/aromatic N) is 3. The lowest BCUT2D eigenvalue weighted by Gasteiger charge is -2.35. The number of morpholine rings is 1. The molecule has 1 saturated heterocycles. The number of aliphatic hydroxyl groups is 1. The van der Waals surface area contributed by atoms with E-state index in [1.165, 1.54) is 0 Å². The maximum absolute atomic E-state index is 9.11. The Morgan fingerprint density at radius 3 is 3.06 bits per heavy atom. The van der Waals surface area contributed by atoms with Gasteiger partial charge >= 0.3 is 0 Å². The van der Waals surface area contributed by atoms with Gasteiger partial charge in [-0.05, 0) is 6.92 Å². The monoisotopic (exact) mass is 223 g/mol. The third-order valence-corrected chi connectivity index (χ3v) is 2.61. The van der Waals surface area contributed by atoms with Crippen LogP contribution in [0.3, 0.4) is 0 Å². The van der Waals surface area contributed by atoms with Crippen molar-refractivity contribution in [3.63, 3.8) is 0 Å². The molecule has 1 fully saturated rings. The molecule has 1 N–H and O–H groups in total. The molecule has 2 atom stereocenters. The van der Waals surface area contributed by atoms with E-state index in [0.717, 1.165) is 25.3 Å². The van der Waals surface area contributed by atoms with E-state index >= 15 is 0 Å². The smallest absolute Gasteiger partial charge is 0.0936 e. The summed E-state index contributed by atoms with van der Waals surface area (Å²) in [6.45, 7) is 4.47. The van der Waals surface area contributed by atoms with Gasteiger partial charge in [-0.1, -0.05) is 0 Å². The van der Waals surface area contributed by atoms with Crippen molar-refractivity contribution in [1.82, 2.24) is 14.9 Å². The molecule has 1 aliphatic rings. The molecule has 0 radical (unpaired) electrons. The molecule has 0 aliphatic carbocycles. The summed E-state index contributed by atoms with van der Waals surface area (Å²) in [4.78, 5) is 10.5. The van der Waals surface area contributed by atoms with Gasteiger partial charge in [-0.15, -0.1) is 0 Å². The van der Waals surface area contributed by atoms with Gasteiger partial charge in [-0.25, -0.2) is 0 Å². The molecule has 0 saturated carbocycles. The first-order valence-corrected chi connectivity index (χ1v) is 5.51. The molecule has 2 heterocycles. The van der Waals surface area contributed by atoms with E-state index in [9.17, 15) is 0 Å². The molecule has 5 nitrogen and oxygen atoms in total. The van der Waals surface area contributed by atoms with Crippen LogP contribution in [0.2, 0.25) is 0 Å². The second-order valence-corrected chi connectivity index (χ2v) is 4.14. The number of rotatable bonds is 3. The molecular formula is C11H17N3O2. The Labute approximate surface area is 95.1 Å². The van der Waals surface area contributed by atoms with Crippen molar-refractivity contribution < 1.29 is 9.84 Å². The maximum atomic E-state index is 9.11. The van der Waals surface area contributed by atoms with Crippen molar-refractivity contribution in [3.05, 3.63) is 24.3 Å². The Bertz CT molecular complexity index is 320. The fraction of sp³-hybridized carbons (Fsp3) is 0.636. The molecule has 0 aromatic carbocycles. The van der Waals surface area contributed by atoms with Crippen molar-refractivity contribution in [2.24, 2.45) is 0 Å². The molecule has 1 aromatic rings. The minimum atomic E-state index is -0.0829. The predicted molar refractivity (Wildman–Crippen MR) is 58.7 cm³/mol. The Morgan fingerprint density at radius 1 is 1.50 bits per heavy atom. The molecule has 0 amide bonds. The van der Waals surface area contributed by atoms with Crippen LogP contribution in [0.1, 0.15) is 12.6 Å². The first kappa shape index (κ1) is 11.4. The van der Waals surface area contributed by atoms with Crippen molar-refractivity contribution in [2.45, 2.75) is 25.7 Å². The Morgan fingerprint density at radius 2 is 2.38 bits per heavy atom. The summed E-state index contributed by atoms with van der Waals surface area (Å²) >= 11 is 0. The lowest BCUT2D eigenvalue weighted by atomic mass is 10.2. The van der Waals surface area contributed by atoms with Gasteiger partial charge in [0.15, 0.2) is 0 Å². The third-order valence-electron chi connectivity index (χ3n) is 2.61. The minimum absolute atomic E-state index is 0.0707. The summed E-state index contributed by atoms with van der Waals surface area (Å²) in [5.41, 5.74) is 0.952. The van der Waals surface area contributed by atoms with Gasteiger partial charge in [0.2, 0.25) is 0 Å². The molecule has 0 spiro atoms. The molecule has 2 rings (SSSR count). The van der Waals surface area contributed by atoms with Crippen LogP contribution in [0.25, 0.3) is 0 Å². The summed E-state index contributed by atoms with van der Waals surface area (Å²) < 4.78 is 5.58. The van der Waals surface area contributed by atoms with Crippen molar-refractivity contribution >= 4 is 0 Å².